The van der Waals surface area contributed by atoms with E-state index in [1.54, 1.807) is 0 Å². The number of amides is 1. The van der Waals surface area contributed by atoms with Crippen molar-refractivity contribution in [1.29, 1.82) is 0 Å². The van der Waals surface area contributed by atoms with Crippen LogP contribution >= 0.6 is 0 Å². The van der Waals surface area contributed by atoms with Crippen molar-refractivity contribution in [3.63, 3.8) is 0 Å². The molecule has 6 nitrogen and oxygen atoms in total. The van der Waals surface area contributed by atoms with E-state index in [9.17, 15) is 15.0 Å². The molecule has 3 aromatic carbocycles. The molecule has 232 valence electrons. The number of ether oxygens (including phenoxy) is 1. The van der Waals surface area contributed by atoms with E-state index in [0.717, 1.165) is 71.7 Å². The van der Waals surface area contributed by atoms with Gasteiger partial charge in [-0.1, -0.05) is 42.5 Å². The molecule has 3 aromatic rings. The van der Waals surface area contributed by atoms with Gasteiger partial charge in [0.05, 0.1) is 17.8 Å². The molecule has 2 saturated carbocycles. The Bertz CT molecular complexity index is 1500. The quantitative estimate of drug-likeness (QED) is 0.273. The van der Waals surface area contributed by atoms with Crippen LogP contribution in [0.15, 0.2) is 60.7 Å². The number of aliphatic hydroxyl groups excluding tert-OH is 1. The normalized spacial score (nSPS) is 26.1. The first kappa shape index (κ1) is 29.4. The summed E-state index contributed by atoms with van der Waals surface area (Å²) in [4.78, 5) is 16.1. The zero-order chi connectivity index (χ0) is 30.4. The van der Waals surface area contributed by atoms with Crippen molar-refractivity contribution >= 4 is 5.91 Å². The molecule has 7 rings (SSSR count). The summed E-state index contributed by atoms with van der Waals surface area (Å²) in [6.45, 7) is 6.73. The highest BCUT2D eigenvalue weighted by atomic mass is 16.5. The molecule has 0 aromatic heterocycles. The third kappa shape index (κ3) is 5.63. The van der Waals surface area contributed by atoms with Gasteiger partial charge in [-0.3, -0.25) is 9.69 Å². The highest BCUT2D eigenvalue weighted by molar-refractivity contribution is 5.97. The molecule has 4 atom stereocenters. The Morgan fingerprint density at radius 2 is 1.73 bits per heavy atom. The maximum Gasteiger partial charge on any atom is 0.255 e. The van der Waals surface area contributed by atoms with Gasteiger partial charge in [0.2, 0.25) is 0 Å². The maximum absolute atomic E-state index is 13.4. The van der Waals surface area contributed by atoms with Crippen LogP contribution in [-0.2, 0) is 18.3 Å². The minimum absolute atomic E-state index is 0.141. The number of nitrogens with one attached hydrogen (secondary N) is 1. The molecule has 4 aliphatic rings. The van der Waals surface area contributed by atoms with Crippen LogP contribution in [0.3, 0.4) is 0 Å². The minimum Gasteiger partial charge on any atom is -0.507 e. The predicted octanol–water partition coefficient (Wildman–Crippen LogP) is 6.26. The average Bonchev–Trinajstić information content (AvgIpc) is 3.83. The van der Waals surface area contributed by atoms with Crippen molar-refractivity contribution in [2.75, 3.05) is 19.6 Å². The van der Waals surface area contributed by atoms with E-state index >= 15 is 0 Å². The lowest BCUT2D eigenvalue weighted by Gasteiger charge is -2.60. The Labute approximate surface area is 261 Å². The van der Waals surface area contributed by atoms with E-state index in [-0.39, 0.29) is 29.3 Å². The molecule has 3 aliphatic carbocycles. The van der Waals surface area contributed by atoms with E-state index in [1.807, 2.05) is 32.0 Å². The van der Waals surface area contributed by atoms with Crippen LogP contribution < -0.4 is 10.1 Å². The molecule has 0 radical (unpaired) electrons. The molecule has 1 saturated heterocycles. The maximum atomic E-state index is 13.4. The molecular weight excluding hydrogens is 548 g/mol. The average molecular weight is 595 g/mol. The molecule has 3 N–H and O–H groups in total. The van der Waals surface area contributed by atoms with E-state index in [2.05, 4.69) is 52.7 Å². The fourth-order valence-corrected chi connectivity index (χ4v) is 8.52. The van der Waals surface area contributed by atoms with Crippen LogP contribution in [0.1, 0.15) is 79.4 Å². The van der Waals surface area contributed by atoms with Crippen molar-refractivity contribution in [2.45, 2.75) is 88.9 Å². The number of fused-ring (bicyclic) bond motifs is 1. The van der Waals surface area contributed by atoms with Gasteiger partial charge in [-0.15, -0.1) is 0 Å². The third-order valence-corrected chi connectivity index (χ3v) is 10.7. The molecule has 1 aliphatic heterocycles. The lowest BCUT2D eigenvalue weighted by atomic mass is 9.51. The zero-order valence-electron chi connectivity index (χ0n) is 26.1. The predicted molar refractivity (Wildman–Crippen MR) is 173 cm³/mol. The van der Waals surface area contributed by atoms with Gasteiger partial charge >= 0.3 is 0 Å². The van der Waals surface area contributed by atoms with Crippen molar-refractivity contribution < 1.29 is 19.7 Å². The molecule has 2 unspecified atom stereocenters. The number of rotatable bonds is 9. The van der Waals surface area contributed by atoms with E-state index < -0.39 is 0 Å². The topological polar surface area (TPSA) is 82.0 Å². The van der Waals surface area contributed by atoms with Crippen LogP contribution in [0, 0.1) is 11.8 Å². The number of nitrogens with zero attached hydrogens (tertiary/aromatic N) is 1. The number of likely N-dealkylation sites (tertiary alicyclic amines) is 1. The zero-order valence-corrected chi connectivity index (χ0v) is 26.1. The van der Waals surface area contributed by atoms with Gasteiger partial charge in [0.25, 0.3) is 5.91 Å². The highest BCUT2D eigenvalue weighted by Crippen LogP contribution is 2.58. The molecule has 3 fully saturated rings. The molecule has 0 spiro atoms. The second-order valence-electron chi connectivity index (χ2n) is 14.0. The van der Waals surface area contributed by atoms with E-state index in [1.165, 1.54) is 19.4 Å². The SMILES string of the molecule is CC(C)Oc1ccc(-c2ccc(CCNC(=O)c3ccc4c(c3O)C35CCN(CC6CC6)[C@H](C4)[C@@H]3CCC(O)C5)cc2)cc1. The smallest absolute Gasteiger partial charge is 0.255 e. The first-order valence-corrected chi connectivity index (χ1v) is 16.7. The minimum atomic E-state index is -0.352. The number of hydrogen-bond donors (Lipinski definition) is 3. The number of aromatic hydroxyl groups is 1. The Kier molecular flexibility index (Phi) is 7.92. The number of hydrogen-bond acceptors (Lipinski definition) is 5. The molecular formula is C38H46N2O4. The van der Waals surface area contributed by atoms with E-state index in [4.69, 9.17) is 4.74 Å². The Morgan fingerprint density at radius 3 is 2.43 bits per heavy atom. The van der Waals surface area contributed by atoms with Gasteiger partial charge < -0.3 is 20.3 Å². The summed E-state index contributed by atoms with van der Waals surface area (Å²) in [7, 11) is 0. The number of carbonyl (C=O) groups excluding carboxylic acids is 1. The standard InChI is InChI=1S/C38H46N2O4/c1-24(2)44-31-13-9-28(10-14-31)27-7-5-25(6-8-27)17-19-39-37(43)32-15-11-29-21-34-33-16-12-30(41)22-38(33,35(29)36(32)42)18-20-40(34)23-26-3-4-26/h5-11,13-15,24,26,30,33-34,41-42H,3-4,12,16-23H2,1-2H3,(H,39,43)/t30?,33-,34+,38?/m0/s1. The summed E-state index contributed by atoms with van der Waals surface area (Å²) in [5.74, 6) is 2.04. The Balaban J connectivity index is 1.03. The van der Waals surface area contributed by atoms with Crippen LogP contribution in [-0.4, -0.2) is 58.9 Å². The fraction of sp³-hybridized carbons (Fsp3) is 0.500. The highest BCUT2D eigenvalue weighted by Gasteiger charge is 2.57. The summed E-state index contributed by atoms with van der Waals surface area (Å²) in [5, 5.41) is 25.6. The van der Waals surface area contributed by atoms with Crippen LogP contribution in [0.25, 0.3) is 11.1 Å². The third-order valence-electron chi connectivity index (χ3n) is 10.7. The summed E-state index contributed by atoms with van der Waals surface area (Å²) in [5.41, 5.74) is 5.64. The van der Waals surface area contributed by atoms with Crippen molar-refractivity contribution in [2.24, 2.45) is 11.8 Å². The second-order valence-corrected chi connectivity index (χ2v) is 14.0. The van der Waals surface area contributed by atoms with Gasteiger partial charge in [-0.05, 0) is 124 Å². The van der Waals surface area contributed by atoms with Crippen molar-refractivity contribution in [3.05, 3.63) is 82.9 Å². The van der Waals surface area contributed by atoms with Crippen LogP contribution in [0.2, 0.25) is 0 Å². The van der Waals surface area contributed by atoms with Gasteiger partial charge in [-0.25, -0.2) is 0 Å². The monoisotopic (exact) mass is 594 g/mol. The lowest BCUT2D eigenvalue weighted by Crippen LogP contribution is -2.62. The van der Waals surface area contributed by atoms with Gasteiger partial charge in [0, 0.05) is 30.1 Å². The lowest BCUT2D eigenvalue weighted by molar-refractivity contribution is -0.0502. The fourth-order valence-electron chi connectivity index (χ4n) is 8.52. The van der Waals surface area contributed by atoms with Crippen LogP contribution in [0.5, 0.6) is 11.5 Å². The first-order chi connectivity index (χ1) is 21.3. The first-order valence-electron chi connectivity index (χ1n) is 16.7. The number of phenols is 1. The summed E-state index contributed by atoms with van der Waals surface area (Å²) in [6.07, 6.45) is 7.56. The van der Waals surface area contributed by atoms with Gasteiger partial charge in [-0.2, -0.15) is 0 Å². The molecule has 1 amide bonds. The number of phenolic OH excluding ortho intramolecular Hbond substituents is 1. The summed E-state index contributed by atoms with van der Waals surface area (Å²) >= 11 is 0. The van der Waals surface area contributed by atoms with E-state index in [0.29, 0.717) is 36.9 Å². The van der Waals surface area contributed by atoms with Crippen LogP contribution in [0.4, 0.5) is 0 Å². The largest absolute Gasteiger partial charge is 0.507 e. The number of benzene rings is 3. The van der Waals surface area contributed by atoms with Gasteiger partial charge in [0.1, 0.15) is 11.5 Å². The van der Waals surface area contributed by atoms with Gasteiger partial charge in [0.15, 0.2) is 0 Å². The molecule has 1 heterocycles. The molecule has 2 bridgehead atoms. The Morgan fingerprint density at radius 1 is 1.00 bits per heavy atom. The molecule has 44 heavy (non-hydrogen) atoms. The number of carbonyl (C=O) groups is 1. The number of piperidine rings is 1. The molecule has 6 heteroatoms. The number of aliphatic hydroxyl groups is 1. The van der Waals surface area contributed by atoms with Crippen molar-refractivity contribution in [1.82, 2.24) is 10.2 Å². The van der Waals surface area contributed by atoms with Crippen molar-refractivity contribution in [3.8, 4) is 22.6 Å². The Hall–Kier alpha value is -3.35. The summed E-state index contributed by atoms with van der Waals surface area (Å²) in [6, 6.07) is 21.0. The summed E-state index contributed by atoms with van der Waals surface area (Å²) < 4.78 is 5.75. The second kappa shape index (κ2) is 11.9.